The van der Waals surface area contributed by atoms with E-state index in [9.17, 15) is 19.3 Å². The second-order valence-corrected chi connectivity index (χ2v) is 7.55. The Labute approximate surface area is 191 Å². The SMILES string of the molecule is Cc1noc2nc(-c3ccc(F)cc3)cc(C(=O)OCc3cc([N+](=O)[O-])cc4c3OCOC4)c12. The Morgan fingerprint density at radius 3 is 2.79 bits per heavy atom. The second-order valence-electron chi connectivity index (χ2n) is 7.55. The highest BCUT2D eigenvalue weighted by Crippen LogP contribution is 2.34. The van der Waals surface area contributed by atoms with Crippen LogP contribution in [0.15, 0.2) is 47.0 Å². The number of aryl methyl sites for hydroxylation is 1. The van der Waals surface area contributed by atoms with E-state index in [0.29, 0.717) is 39.2 Å². The number of fused-ring (bicyclic) bond motifs is 2. The quantitative estimate of drug-likeness (QED) is 0.238. The molecule has 0 aliphatic carbocycles. The third kappa shape index (κ3) is 3.92. The Bertz CT molecular complexity index is 1430. The summed E-state index contributed by atoms with van der Waals surface area (Å²) in [5.74, 6) is -0.736. The van der Waals surface area contributed by atoms with Crippen LogP contribution in [-0.4, -0.2) is 27.8 Å². The van der Waals surface area contributed by atoms with E-state index in [4.69, 9.17) is 18.7 Å². The minimum atomic E-state index is -0.714. The highest BCUT2D eigenvalue weighted by Gasteiger charge is 2.24. The Balaban J connectivity index is 1.50. The molecule has 3 heterocycles. The first-order chi connectivity index (χ1) is 16.4. The number of nitro benzene ring substituents is 1. The summed E-state index contributed by atoms with van der Waals surface area (Å²) in [5, 5.41) is 15.6. The molecule has 5 rings (SSSR count). The van der Waals surface area contributed by atoms with Crippen molar-refractivity contribution in [1.82, 2.24) is 10.1 Å². The number of hydrogen-bond acceptors (Lipinski definition) is 9. The van der Waals surface area contributed by atoms with Gasteiger partial charge in [-0.15, -0.1) is 0 Å². The Morgan fingerprint density at radius 2 is 2.03 bits per heavy atom. The van der Waals surface area contributed by atoms with Crippen LogP contribution in [0, 0.1) is 22.9 Å². The van der Waals surface area contributed by atoms with Crippen LogP contribution in [0.4, 0.5) is 10.1 Å². The van der Waals surface area contributed by atoms with Crippen LogP contribution in [-0.2, 0) is 22.7 Å². The molecule has 4 aromatic rings. The lowest BCUT2D eigenvalue weighted by Crippen LogP contribution is -2.15. The summed E-state index contributed by atoms with van der Waals surface area (Å²) in [6.07, 6.45) is 0. The molecular formula is C23H16FN3O7. The number of non-ortho nitro benzene ring substituents is 1. The summed E-state index contributed by atoms with van der Waals surface area (Å²) < 4.78 is 34.8. The van der Waals surface area contributed by atoms with Gasteiger partial charge >= 0.3 is 5.97 Å². The van der Waals surface area contributed by atoms with Crippen molar-refractivity contribution >= 4 is 22.8 Å². The van der Waals surface area contributed by atoms with E-state index in [0.717, 1.165) is 0 Å². The van der Waals surface area contributed by atoms with Gasteiger partial charge in [0.1, 0.15) is 18.2 Å². The van der Waals surface area contributed by atoms with E-state index in [1.807, 2.05) is 0 Å². The largest absolute Gasteiger partial charge is 0.467 e. The van der Waals surface area contributed by atoms with E-state index in [1.165, 1.54) is 42.5 Å². The molecule has 10 nitrogen and oxygen atoms in total. The van der Waals surface area contributed by atoms with Crippen LogP contribution in [0.25, 0.3) is 22.4 Å². The van der Waals surface area contributed by atoms with Crippen LogP contribution in [0.3, 0.4) is 0 Å². The van der Waals surface area contributed by atoms with Crippen molar-refractivity contribution in [2.24, 2.45) is 0 Å². The lowest BCUT2D eigenvalue weighted by Gasteiger charge is -2.20. The highest BCUT2D eigenvalue weighted by molar-refractivity contribution is 6.04. The molecule has 2 aromatic heterocycles. The minimum absolute atomic E-state index is 0.0162. The second kappa shape index (κ2) is 8.52. The molecule has 0 N–H and O–H groups in total. The first-order valence-corrected chi connectivity index (χ1v) is 10.1. The van der Waals surface area contributed by atoms with Crippen molar-refractivity contribution in [3.63, 3.8) is 0 Å². The van der Waals surface area contributed by atoms with E-state index in [2.05, 4.69) is 10.1 Å². The Morgan fingerprint density at radius 1 is 1.24 bits per heavy atom. The topological polar surface area (TPSA) is 127 Å². The molecule has 0 atom stereocenters. The lowest BCUT2D eigenvalue weighted by atomic mass is 10.1. The van der Waals surface area contributed by atoms with Gasteiger partial charge in [0.25, 0.3) is 11.4 Å². The van der Waals surface area contributed by atoms with Crippen molar-refractivity contribution in [3.05, 3.63) is 80.8 Å². The average Bonchev–Trinajstić information content (AvgIpc) is 3.22. The molecule has 0 fully saturated rings. The van der Waals surface area contributed by atoms with Gasteiger partial charge in [0.15, 0.2) is 6.79 Å². The van der Waals surface area contributed by atoms with Gasteiger partial charge in [0, 0.05) is 28.8 Å². The molecule has 0 saturated heterocycles. The first-order valence-electron chi connectivity index (χ1n) is 10.1. The molecule has 0 bridgehead atoms. The Kier molecular flexibility index (Phi) is 5.38. The van der Waals surface area contributed by atoms with Gasteiger partial charge in [-0.2, -0.15) is 0 Å². The lowest BCUT2D eigenvalue weighted by molar-refractivity contribution is -0.385. The number of carbonyl (C=O) groups excluding carboxylic acids is 1. The van der Waals surface area contributed by atoms with Crippen LogP contribution in [0.5, 0.6) is 5.75 Å². The highest BCUT2D eigenvalue weighted by atomic mass is 19.1. The molecule has 1 aliphatic rings. The Hall–Kier alpha value is -4.38. The summed E-state index contributed by atoms with van der Waals surface area (Å²) >= 11 is 0. The number of pyridine rings is 1. The van der Waals surface area contributed by atoms with E-state index >= 15 is 0 Å². The third-order valence-corrected chi connectivity index (χ3v) is 5.32. The smallest absolute Gasteiger partial charge is 0.339 e. The molecule has 0 amide bonds. The fourth-order valence-corrected chi connectivity index (χ4v) is 3.74. The maximum absolute atomic E-state index is 13.3. The summed E-state index contributed by atoms with van der Waals surface area (Å²) in [4.78, 5) is 28.3. The van der Waals surface area contributed by atoms with Gasteiger partial charge in [0.2, 0.25) is 0 Å². The number of rotatable bonds is 5. The third-order valence-electron chi connectivity index (χ3n) is 5.32. The van der Waals surface area contributed by atoms with Crippen molar-refractivity contribution in [2.75, 3.05) is 6.79 Å². The molecule has 11 heteroatoms. The van der Waals surface area contributed by atoms with Crippen LogP contribution in [0.1, 0.15) is 27.2 Å². The number of esters is 1. The van der Waals surface area contributed by atoms with Gasteiger partial charge in [-0.3, -0.25) is 10.1 Å². The average molecular weight is 465 g/mol. The standard InChI is InChI=1S/C23H16FN3O7/c1-12-20-18(8-19(25-22(20)34-26-12)13-2-4-16(24)5-3-13)23(28)32-10-15-7-17(27(29)30)6-14-9-31-11-33-21(14)15/h2-8H,9-11H2,1H3. The minimum Gasteiger partial charge on any atom is -0.467 e. The summed E-state index contributed by atoms with van der Waals surface area (Å²) in [7, 11) is 0. The summed E-state index contributed by atoms with van der Waals surface area (Å²) in [5.41, 5.74) is 2.30. The van der Waals surface area contributed by atoms with Crippen molar-refractivity contribution in [2.45, 2.75) is 20.1 Å². The normalized spacial score (nSPS) is 12.8. The van der Waals surface area contributed by atoms with E-state index < -0.39 is 16.7 Å². The molecule has 172 valence electrons. The predicted molar refractivity (Wildman–Crippen MR) is 114 cm³/mol. The van der Waals surface area contributed by atoms with Gasteiger partial charge in [-0.1, -0.05) is 5.16 Å². The predicted octanol–water partition coefficient (Wildman–Crippen LogP) is 4.47. The summed E-state index contributed by atoms with van der Waals surface area (Å²) in [6, 6.07) is 9.78. The molecule has 0 saturated carbocycles. The van der Waals surface area contributed by atoms with Gasteiger partial charge < -0.3 is 18.7 Å². The van der Waals surface area contributed by atoms with Crippen molar-refractivity contribution in [3.8, 4) is 17.0 Å². The van der Waals surface area contributed by atoms with Crippen molar-refractivity contribution < 1.29 is 32.8 Å². The fourth-order valence-electron chi connectivity index (χ4n) is 3.74. The number of carbonyl (C=O) groups is 1. The monoisotopic (exact) mass is 465 g/mol. The number of benzene rings is 2. The number of ether oxygens (including phenoxy) is 3. The summed E-state index contributed by atoms with van der Waals surface area (Å²) in [6.45, 7) is 1.51. The molecule has 0 radical (unpaired) electrons. The fraction of sp³-hybridized carbons (Fsp3) is 0.174. The zero-order chi connectivity index (χ0) is 23.8. The zero-order valence-corrected chi connectivity index (χ0v) is 17.7. The zero-order valence-electron chi connectivity index (χ0n) is 17.7. The molecule has 34 heavy (non-hydrogen) atoms. The van der Waals surface area contributed by atoms with Crippen LogP contribution in [0.2, 0.25) is 0 Å². The number of nitro groups is 1. The van der Waals surface area contributed by atoms with Crippen LogP contribution >= 0.6 is 0 Å². The van der Waals surface area contributed by atoms with E-state index in [-0.39, 0.29) is 37.0 Å². The van der Waals surface area contributed by atoms with Crippen LogP contribution < -0.4 is 4.74 Å². The number of nitrogens with zero attached hydrogens (tertiary/aromatic N) is 3. The number of aromatic nitrogens is 2. The van der Waals surface area contributed by atoms with Crippen molar-refractivity contribution in [1.29, 1.82) is 0 Å². The molecule has 0 spiro atoms. The first kappa shape index (κ1) is 21.5. The molecular weight excluding hydrogens is 449 g/mol. The van der Waals surface area contributed by atoms with E-state index in [1.54, 1.807) is 6.92 Å². The number of hydrogen-bond donors (Lipinski definition) is 0. The maximum atomic E-state index is 13.3. The molecule has 1 aliphatic heterocycles. The van der Waals surface area contributed by atoms with Gasteiger partial charge in [-0.05, 0) is 37.3 Å². The van der Waals surface area contributed by atoms with Gasteiger partial charge in [-0.25, -0.2) is 14.2 Å². The molecule has 2 aromatic carbocycles. The maximum Gasteiger partial charge on any atom is 0.339 e. The van der Waals surface area contributed by atoms with Gasteiger partial charge in [0.05, 0.1) is 33.9 Å². The number of halogens is 1. The molecule has 0 unspecified atom stereocenters.